The number of fused-ring (bicyclic) bond motifs is 5. The summed E-state index contributed by atoms with van der Waals surface area (Å²) < 4.78 is 10.2. The topological polar surface area (TPSA) is 124 Å². The number of pyridine rings is 2. The van der Waals surface area contributed by atoms with Crippen LogP contribution in [0.2, 0.25) is 0 Å². The highest BCUT2D eigenvalue weighted by molar-refractivity contribution is 6.00. The number of likely N-dealkylation sites (tertiary alicyclic amines) is 1. The Balaban J connectivity index is 1.15. The Morgan fingerprint density at radius 3 is 2.61 bits per heavy atom. The number of imidazole rings is 1. The van der Waals surface area contributed by atoms with Crippen molar-refractivity contribution in [1.82, 2.24) is 29.0 Å². The standard InChI is InChI=1S/C36H35N7O3/c1-41-33-27(14-24(16-30(33)46-2)36(45)43-18-23-7-11-28(43)32(23)37)40-35(41)29-15-22-6-10-26(39-34(22)42(29)17-19-3-4-19)20-5-9-25-21(13-20)8-12-31(44)38-25/h5-6,8-10,12-16,19,23,28,32H,3-4,7,11,17-18,37H2,1-2H3,(H,38,44)/t23-,28-,32-/m1/s1. The van der Waals surface area contributed by atoms with E-state index < -0.39 is 0 Å². The quantitative estimate of drug-likeness (QED) is 0.270. The molecule has 2 aliphatic carbocycles. The van der Waals surface area contributed by atoms with Crippen LogP contribution >= 0.6 is 0 Å². The Bertz CT molecular complexity index is 2280. The van der Waals surface area contributed by atoms with Crippen LogP contribution in [0, 0.1) is 11.8 Å². The van der Waals surface area contributed by atoms with E-state index in [9.17, 15) is 9.59 Å². The van der Waals surface area contributed by atoms with Gasteiger partial charge in [0.05, 0.1) is 24.0 Å². The first-order valence-electron chi connectivity index (χ1n) is 16.1. The van der Waals surface area contributed by atoms with Crippen LogP contribution in [0.25, 0.3) is 55.7 Å². The number of rotatable bonds is 6. The second kappa shape index (κ2) is 10.0. The summed E-state index contributed by atoms with van der Waals surface area (Å²) in [6, 6.07) is 19.6. The number of piperidine rings is 1. The largest absolute Gasteiger partial charge is 0.494 e. The van der Waals surface area contributed by atoms with Gasteiger partial charge in [-0.15, -0.1) is 0 Å². The average molecular weight is 614 g/mol. The Morgan fingerprint density at radius 2 is 1.85 bits per heavy atom. The van der Waals surface area contributed by atoms with Crippen molar-refractivity contribution in [3.63, 3.8) is 0 Å². The lowest BCUT2D eigenvalue weighted by Gasteiger charge is -2.27. The number of aryl methyl sites for hydroxylation is 1. The number of aromatic nitrogens is 5. The number of hydrogen-bond donors (Lipinski definition) is 2. The molecule has 3 aliphatic rings. The fourth-order valence-corrected chi connectivity index (χ4v) is 7.80. The molecule has 2 saturated carbocycles. The van der Waals surface area contributed by atoms with Crippen molar-refractivity contribution in [2.45, 2.75) is 44.3 Å². The molecule has 1 saturated heterocycles. The second-order valence-electron chi connectivity index (χ2n) is 13.3. The maximum absolute atomic E-state index is 13.7. The normalized spacial score (nSPS) is 20.8. The molecule has 10 heteroatoms. The van der Waals surface area contributed by atoms with Gasteiger partial charge in [0.25, 0.3) is 5.91 Å². The van der Waals surface area contributed by atoms with E-state index in [1.165, 1.54) is 12.8 Å². The van der Waals surface area contributed by atoms with Crippen molar-refractivity contribution in [2.24, 2.45) is 24.6 Å². The van der Waals surface area contributed by atoms with Crippen LogP contribution in [-0.2, 0) is 13.6 Å². The molecule has 5 heterocycles. The molecular weight excluding hydrogens is 578 g/mol. The lowest BCUT2D eigenvalue weighted by molar-refractivity contribution is 0.0700. The molecule has 232 valence electrons. The van der Waals surface area contributed by atoms with Gasteiger partial charge in [-0.1, -0.05) is 6.07 Å². The maximum Gasteiger partial charge on any atom is 0.254 e. The van der Waals surface area contributed by atoms with Gasteiger partial charge < -0.3 is 29.5 Å². The molecular formula is C36H35N7O3. The van der Waals surface area contributed by atoms with Crippen molar-refractivity contribution in [3.05, 3.63) is 76.6 Å². The van der Waals surface area contributed by atoms with Crippen molar-refractivity contribution >= 4 is 38.9 Å². The van der Waals surface area contributed by atoms with Crippen LogP contribution in [0.5, 0.6) is 5.75 Å². The first-order valence-corrected chi connectivity index (χ1v) is 16.1. The van der Waals surface area contributed by atoms with Crippen molar-refractivity contribution in [1.29, 1.82) is 0 Å². The average Bonchev–Trinajstić information content (AvgIpc) is 3.47. The number of carbonyl (C=O) groups is 1. The summed E-state index contributed by atoms with van der Waals surface area (Å²) in [5, 5.41) is 2.00. The highest BCUT2D eigenvalue weighted by atomic mass is 16.5. The third-order valence-electron chi connectivity index (χ3n) is 10.4. The van der Waals surface area contributed by atoms with Gasteiger partial charge in [0.2, 0.25) is 5.56 Å². The molecule has 2 aromatic carbocycles. The summed E-state index contributed by atoms with van der Waals surface area (Å²) in [7, 11) is 3.65. The molecule has 1 aliphatic heterocycles. The van der Waals surface area contributed by atoms with Gasteiger partial charge in [-0.25, -0.2) is 9.97 Å². The smallest absolute Gasteiger partial charge is 0.254 e. The molecule has 0 spiro atoms. The first-order chi connectivity index (χ1) is 22.4. The number of benzene rings is 2. The number of nitrogens with one attached hydrogen (secondary N) is 1. The summed E-state index contributed by atoms with van der Waals surface area (Å²) >= 11 is 0. The number of aromatic amines is 1. The van der Waals surface area contributed by atoms with Crippen LogP contribution in [0.1, 0.15) is 36.0 Å². The highest BCUT2D eigenvalue weighted by Gasteiger charge is 2.47. The van der Waals surface area contributed by atoms with Gasteiger partial charge in [-0.3, -0.25) is 9.59 Å². The van der Waals surface area contributed by atoms with Crippen molar-refractivity contribution in [2.75, 3.05) is 13.7 Å². The zero-order valence-electron chi connectivity index (χ0n) is 25.9. The third kappa shape index (κ3) is 4.20. The molecule has 0 radical (unpaired) electrons. The Labute approximate surface area is 264 Å². The lowest BCUT2D eigenvalue weighted by atomic mass is 10.1. The first kappa shape index (κ1) is 27.4. The predicted octanol–water partition coefficient (Wildman–Crippen LogP) is 5.08. The monoisotopic (exact) mass is 613 g/mol. The maximum atomic E-state index is 13.7. The third-order valence-corrected chi connectivity index (χ3v) is 10.4. The molecule has 3 fully saturated rings. The van der Waals surface area contributed by atoms with Gasteiger partial charge in [-0.05, 0) is 91.4 Å². The fraction of sp³-hybridized carbons (Fsp3) is 0.333. The van der Waals surface area contributed by atoms with E-state index in [4.69, 9.17) is 20.4 Å². The molecule has 1 amide bonds. The molecule has 46 heavy (non-hydrogen) atoms. The summed E-state index contributed by atoms with van der Waals surface area (Å²) in [6.45, 7) is 1.57. The van der Waals surface area contributed by atoms with Gasteiger partial charge in [0.15, 0.2) is 5.82 Å². The van der Waals surface area contributed by atoms with Crippen LogP contribution < -0.4 is 16.0 Å². The minimum atomic E-state index is -0.115. The second-order valence-corrected chi connectivity index (χ2v) is 13.3. The Kier molecular flexibility index (Phi) is 5.96. The van der Waals surface area contributed by atoms with E-state index >= 15 is 0 Å². The molecule has 6 aromatic rings. The van der Waals surface area contributed by atoms with Crippen LogP contribution in [0.15, 0.2) is 65.5 Å². The molecule has 10 nitrogen and oxygen atoms in total. The Hall–Kier alpha value is -4.96. The van der Waals surface area contributed by atoms with Crippen LogP contribution in [0.3, 0.4) is 0 Å². The van der Waals surface area contributed by atoms with Crippen molar-refractivity contribution in [3.8, 4) is 28.5 Å². The number of nitrogens with two attached hydrogens (primary N) is 1. The van der Waals surface area contributed by atoms with E-state index in [1.807, 2.05) is 48.3 Å². The minimum absolute atomic E-state index is 0.00493. The highest BCUT2D eigenvalue weighted by Crippen LogP contribution is 2.40. The van der Waals surface area contributed by atoms with E-state index in [1.54, 1.807) is 13.2 Å². The minimum Gasteiger partial charge on any atom is -0.494 e. The van der Waals surface area contributed by atoms with Gasteiger partial charge in [0.1, 0.15) is 16.9 Å². The number of ether oxygens (including phenoxy) is 1. The summed E-state index contributed by atoms with van der Waals surface area (Å²) in [6.07, 6.45) is 4.46. The van der Waals surface area contributed by atoms with Gasteiger partial charge in [0, 0.05) is 60.3 Å². The summed E-state index contributed by atoms with van der Waals surface area (Å²) in [4.78, 5) is 40.7. The van der Waals surface area contributed by atoms with Gasteiger partial charge in [-0.2, -0.15) is 0 Å². The SMILES string of the molecule is COc1cc(C(=O)N2C[C@H]3CC[C@@H]2[C@@H]3N)cc2nc(-c3cc4ccc(-c5ccc6[nH]c(=O)ccc6c5)nc4n3CC3CC3)n(C)c12. The molecule has 9 rings (SSSR count). The van der Waals surface area contributed by atoms with Crippen LogP contribution in [-0.4, -0.2) is 60.6 Å². The molecule has 3 atom stereocenters. The molecule has 4 aromatic heterocycles. The van der Waals surface area contributed by atoms with E-state index in [2.05, 4.69) is 32.3 Å². The van der Waals surface area contributed by atoms with Gasteiger partial charge >= 0.3 is 0 Å². The van der Waals surface area contributed by atoms with E-state index in [0.29, 0.717) is 29.7 Å². The number of methoxy groups -OCH3 is 1. The number of hydrogen-bond acceptors (Lipinski definition) is 6. The number of nitrogens with zero attached hydrogens (tertiary/aromatic N) is 5. The Morgan fingerprint density at radius 1 is 1.00 bits per heavy atom. The van der Waals surface area contributed by atoms with Crippen molar-refractivity contribution < 1.29 is 9.53 Å². The zero-order valence-corrected chi connectivity index (χ0v) is 25.9. The predicted molar refractivity (Wildman–Crippen MR) is 178 cm³/mol. The molecule has 0 unspecified atom stereocenters. The number of H-pyrrole nitrogens is 1. The fourth-order valence-electron chi connectivity index (χ4n) is 7.80. The molecule has 3 N–H and O–H groups in total. The number of amides is 1. The lowest BCUT2D eigenvalue weighted by Crippen LogP contribution is -2.41. The van der Waals surface area contributed by atoms with E-state index in [-0.39, 0.29) is 23.6 Å². The van der Waals surface area contributed by atoms with Crippen LogP contribution in [0.4, 0.5) is 0 Å². The number of carbonyl (C=O) groups excluding carboxylic acids is 1. The molecule has 2 bridgehead atoms. The van der Waals surface area contributed by atoms with E-state index in [0.717, 1.165) is 75.1 Å². The summed E-state index contributed by atoms with van der Waals surface area (Å²) in [5.41, 5.74) is 13.0. The zero-order chi connectivity index (χ0) is 31.3. The summed E-state index contributed by atoms with van der Waals surface area (Å²) in [5.74, 6) is 2.41.